The maximum absolute atomic E-state index is 12.9. The summed E-state index contributed by atoms with van der Waals surface area (Å²) < 4.78 is 28.4. The summed E-state index contributed by atoms with van der Waals surface area (Å²) in [7, 11) is -3.95. The van der Waals surface area contributed by atoms with Crippen molar-refractivity contribution >= 4 is 21.5 Å². The molecule has 1 aliphatic carbocycles. The molecule has 0 bridgehead atoms. The molecule has 1 atom stereocenters. The monoisotopic (exact) mass is 417 g/mol. The molecule has 0 amide bonds. The number of aromatic hydroxyl groups is 1. The van der Waals surface area contributed by atoms with Gasteiger partial charge in [-0.05, 0) is 80.3 Å². The first-order valence-electron chi connectivity index (χ1n) is 9.88. The number of hydrogen-bond donors (Lipinski definition) is 3. The van der Waals surface area contributed by atoms with Crippen LogP contribution in [0.5, 0.6) is 5.75 Å². The summed E-state index contributed by atoms with van der Waals surface area (Å²) in [5, 5.41) is 20.0. The van der Waals surface area contributed by atoms with E-state index in [2.05, 4.69) is 4.72 Å². The van der Waals surface area contributed by atoms with E-state index in [0.717, 1.165) is 30.4 Å². The molecule has 156 valence electrons. The minimum absolute atomic E-state index is 0.0398. The van der Waals surface area contributed by atoms with Gasteiger partial charge in [-0.15, -0.1) is 0 Å². The Morgan fingerprint density at radius 1 is 1.21 bits per heavy atom. The van der Waals surface area contributed by atoms with Gasteiger partial charge in [-0.3, -0.25) is 9.52 Å². The SMILES string of the molecule is CCc1ccc(NS(=O)(=O)c2ccc(O)c(C(C)=O)c2)c(CCC(O)C2CC2)c1. The van der Waals surface area contributed by atoms with Crippen molar-refractivity contribution in [3.63, 3.8) is 0 Å². The molecule has 1 aliphatic rings. The van der Waals surface area contributed by atoms with Crippen molar-refractivity contribution in [2.75, 3.05) is 4.72 Å². The first-order valence-corrected chi connectivity index (χ1v) is 11.4. The minimum atomic E-state index is -3.95. The molecule has 2 aromatic carbocycles. The molecule has 0 spiro atoms. The van der Waals surface area contributed by atoms with Crippen LogP contribution in [-0.4, -0.2) is 30.5 Å². The standard InChI is InChI=1S/C22H27NO5S/c1-3-15-4-9-20(17(12-15)7-10-21(25)16-5-6-16)23-29(27,28)18-8-11-22(26)19(13-18)14(2)24/h4,8-9,11-13,16,21,23,25-26H,3,5-7,10H2,1-2H3. The van der Waals surface area contributed by atoms with Gasteiger partial charge in [0.15, 0.2) is 5.78 Å². The van der Waals surface area contributed by atoms with Gasteiger partial charge < -0.3 is 10.2 Å². The van der Waals surface area contributed by atoms with Gasteiger partial charge in [0.05, 0.1) is 22.3 Å². The van der Waals surface area contributed by atoms with Crippen molar-refractivity contribution in [3.8, 4) is 5.75 Å². The highest BCUT2D eigenvalue weighted by Gasteiger charge is 2.29. The van der Waals surface area contributed by atoms with E-state index in [4.69, 9.17) is 0 Å². The summed E-state index contributed by atoms with van der Waals surface area (Å²) in [5.74, 6) is -0.299. The van der Waals surface area contributed by atoms with E-state index in [1.54, 1.807) is 6.07 Å². The third kappa shape index (κ3) is 5.16. The average molecular weight is 418 g/mol. The molecule has 0 saturated heterocycles. The van der Waals surface area contributed by atoms with Crippen LogP contribution in [0.1, 0.15) is 54.6 Å². The zero-order valence-electron chi connectivity index (χ0n) is 16.7. The Morgan fingerprint density at radius 2 is 1.93 bits per heavy atom. The number of Topliss-reactive ketones (excluding diaryl/α,β-unsaturated/α-hetero) is 1. The van der Waals surface area contributed by atoms with Crippen molar-refractivity contribution < 1.29 is 23.4 Å². The van der Waals surface area contributed by atoms with E-state index < -0.39 is 15.8 Å². The summed E-state index contributed by atoms with van der Waals surface area (Å²) in [5.41, 5.74) is 2.34. The lowest BCUT2D eigenvalue weighted by Crippen LogP contribution is -2.16. The summed E-state index contributed by atoms with van der Waals surface area (Å²) in [6, 6.07) is 9.23. The number of ketones is 1. The Labute approximate surface area is 171 Å². The number of aryl methyl sites for hydroxylation is 2. The average Bonchev–Trinajstić information content (AvgIpc) is 3.52. The number of aliphatic hydroxyl groups is 1. The summed E-state index contributed by atoms with van der Waals surface area (Å²) in [4.78, 5) is 11.5. The molecular weight excluding hydrogens is 390 g/mol. The van der Waals surface area contributed by atoms with E-state index in [1.807, 2.05) is 19.1 Å². The van der Waals surface area contributed by atoms with Gasteiger partial charge in [-0.25, -0.2) is 8.42 Å². The smallest absolute Gasteiger partial charge is 0.261 e. The molecule has 3 N–H and O–H groups in total. The molecule has 7 heteroatoms. The molecule has 3 rings (SSSR count). The minimum Gasteiger partial charge on any atom is -0.507 e. The number of phenolic OH excluding ortho intramolecular Hbond substituents is 1. The lowest BCUT2D eigenvalue weighted by Gasteiger charge is -2.16. The molecule has 1 unspecified atom stereocenters. The second-order valence-corrected chi connectivity index (χ2v) is 9.31. The summed E-state index contributed by atoms with van der Waals surface area (Å²) in [6.07, 6.45) is 3.72. The van der Waals surface area contributed by atoms with Crippen molar-refractivity contribution in [1.82, 2.24) is 0 Å². The zero-order valence-corrected chi connectivity index (χ0v) is 17.5. The fraction of sp³-hybridized carbons (Fsp3) is 0.409. The fourth-order valence-electron chi connectivity index (χ4n) is 3.36. The predicted octanol–water partition coefficient (Wildman–Crippen LogP) is 3.66. The molecule has 1 saturated carbocycles. The largest absolute Gasteiger partial charge is 0.507 e. The molecular formula is C22H27NO5S. The number of carbonyl (C=O) groups is 1. The van der Waals surface area contributed by atoms with Crippen molar-refractivity contribution in [2.45, 2.75) is 57.0 Å². The first kappa shape index (κ1) is 21.3. The molecule has 29 heavy (non-hydrogen) atoms. The lowest BCUT2D eigenvalue weighted by molar-refractivity contribution is 0.101. The fourth-order valence-corrected chi connectivity index (χ4v) is 4.49. The van der Waals surface area contributed by atoms with Crippen LogP contribution in [0.25, 0.3) is 0 Å². The number of benzene rings is 2. The van der Waals surface area contributed by atoms with Crippen molar-refractivity contribution in [1.29, 1.82) is 0 Å². The maximum atomic E-state index is 12.9. The van der Waals surface area contributed by atoms with E-state index >= 15 is 0 Å². The molecule has 1 fully saturated rings. The number of anilines is 1. The summed E-state index contributed by atoms with van der Waals surface area (Å²) in [6.45, 7) is 3.30. The molecule has 0 aliphatic heterocycles. The number of phenols is 1. The van der Waals surface area contributed by atoms with Crippen molar-refractivity contribution in [2.24, 2.45) is 5.92 Å². The molecule has 0 aromatic heterocycles. The Kier molecular flexibility index (Phi) is 6.29. The first-order chi connectivity index (χ1) is 13.7. The predicted molar refractivity (Wildman–Crippen MR) is 112 cm³/mol. The Bertz CT molecular complexity index is 1010. The van der Waals surface area contributed by atoms with E-state index in [1.165, 1.54) is 25.1 Å². The Hall–Kier alpha value is -2.38. The van der Waals surface area contributed by atoms with Gasteiger partial charge in [0.2, 0.25) is 0 Å². The van der Waals surface area contributed by atoms with Gasteiger partial charge in [0.25, 0.3) is 10.0 Å². The van der Waals surface area contributed by atoms with Crippen LogP contribution >= 0.6 is 0 Å². The Balaban J connectivity index is 1.87. The number of hydrogen-bond acceptors (Lipinski definition) is 5. The van der Waals surface area contributed by atoms with Crippen LogP contribution in [0.4, 0.5) is 5.69 Å². The number of nitrogens with one attached hydrogen (secondary N) is 1. The van der Waals surface area contributed by atoms with Gasteiger partial charge in [-0.2, -0.15) is 0 Å². The normalized spacial score (nSPS) is 15.1. The maximum Gasteiger partial charge on any atom is 0.261 e. The number of rotatable bonds is 9. The van der Waals surface area contributed by atoms with Crippen LogP contribution in [0, 0.1) is 5.92 Å². The molecule has 0 heterocycles. The van der Waals surface area contributed by atoms with Crippen LogP contribution in [0.3, 0.4) is 0 Å². The van der Waals surface area contributed by atoms with Gasteiger partial charge in [0.1, 0.15) is 5.75 Å². The number of carbonyl (C=O) groups excluding carboxylic acids is 1. The van der Waals surface area contributed by atoms with Crippen LogP contribution < -0.4 is 4.72 Å². The van der Waals surface area contributed by atoms with Crippen LogP contribution in [0.15, 0.2) is 41.3 Å². The third-order valence-electron chi connectivity index (χ3n) is 5.36. The highest BCUT2D eigenvalue weighted by atomic mass is 32.2. The van der Waals surface area contributed by atoms with Crippen LogP contribution in [0.2, 0.25) is 0 Å². The molecule has 6 nitrogen and oxygen atoms in total. The zero-order chi connectivity index (χ0) is 21.2. The Morgan fingerprint density at radius 3 is 2.55 bits per heavy atom. The lowest BCUT2D eigenvalue weighted by atomic mass is 10.00. The molecule has 2 aromatic rings. The number of aliphatic hydroxyl groups excluding tert-OH is 1. The topological polar surface area (TPSA) is 104 Å². The van der Waals surface area contributed by atoms with Gasteiger partial charge >= 0.3 is 0 Å². The van der Waals surface area contributed by atoms with E-state index in [0.29, 0.717) is 24.4 Å². The molecule has 0 radical (unpaired) electrons. The third-order valence-corrected chi connectivity index (χ3v) is 6.72. The van der Waals surface area contributed by atoms with Gasteiger partial charge in [0, 0.05) is 0 Å². The van der Waals surface area contributed by atoms with E-state index in [-0.39, 0.29) is 22.3 Å². The second kappa shape index (κ2) is 8.55. The highest BCUT2D eigenvalue weighted by molar-refractivity contribution is 7.92. The van der Waals surface area contributed by atoms with Crippen molar-refractivity contribution in [3.05, 3.63) is 53.1 Å². The highest BCUT2D eigenvalue weighted by Crippen LogP contribution is 2.35. The van der Waals surface area contributed by atoms with E-state index in [9.17, 15) is 23.4 Å². The van der Waals surface area contributed by atoms with Crippen LogP contribution in [-0.2, 0) is 22.9 Å². The quantitative estimate of drug-likeness (QED) is 0.540. The number of sulfonamides is 1. The van der Waals surface area contributed by atoms with Gasteiger partial charge in [-0.1, -0.05) is 19.1 Å². The second-order valence-electron chi connectivity index (χ2n) is 7.63. The summed E-state index contributed by atoms with van der Waals surface area (Å²) >= 11 is 0.